The lowest BCUT2D eigenvalue weighted by atomic mass is 10.1. The number of hydrogen-bond acceptors (Lipinski definition) is 7. The van der Waals surface area contributed by atoms with Crippen LogP contribution in [-0.4, -0.2) is 32.3 Å². The number of aromatic amines is 1. The van der Waals surface area contributed by atoms with E-state index in [-0.39, 0.29) is 6.04 Å². The van der Waals surface area contributed by atoms with E-state index in [1.54, 1.807) is 18.1 Å². The molecule has 0 unspecified atom stereocenters. The van der Waals surface area contributed by atoms with Gasteiger partial charge in [-0.2, -0.15) is 5.10 Å². The molecule has 0 saturated carbocycles. The average Bonchev–Trinajstić information content (AvgIpc) is 3.28. The van der Waals surface area contributed by atoms with E-state index in [2.05, 4.69) is 38.2 Å². The van der Waals surface area contributed by atoms with Gasteiger partial charge in [-0.25, -0.2) is 5.43 Å². The third-order valence-electron chi connectivity index (χ3n) is 4.25. The van der Waals surface area contributed by atoms with Crippen molar-refractivity contribution in [1.29, 1.82) is 0 Å². The van der Waals surface area contributed by atoms with Crippen LogP contribution in [0.3, 0.4) is 0 Å². The minimum Gasteiger partial charge on any atom is -0.326 e. The summed E-state index contributed by atoms with van der Waals surface area (Å²) < 4.78 is 1.88. The molecule has 3 heterocycles. The second-order valence-corrected chi connectivity index (χ2v) is 7.28. The predicted octanol–water partition coefficient (Wildman–Crippen LogP) is 2.11. The zero-order chi connectivity index (χ0) is 17.9. The third kappa shape index (κ3) is 3.73. The van der Waals surface area contributed by atoms with Crippen molar-refractivity contribution in [3.05, 3.63) is 65.7 Å². The van der Waals surface area contributed by atoms with Crippen LogP contribution in [0.15, 0.2) is 48.9 Å². The van der Waals surface area contributed by atoms with Crippen LogP contribution < -0.4 is 16.6 Å². The molecule has 2 aromatic heterocycles. The molecule has 1 aliphatic rings. The van der Waals surface area contributed by atoms with Crippen LogP contribution in [-0.2, 0) is 6.42 Å². The van der Waals surface area contributed by atoms with E-state index in [0.29, 0.717) is 6.54 Å². The molecular weight excluding hydrogens is 346 g/mol. The molecule has 0 radical (unpaired) electrons. The summed E-state index contributed by atoms with van der Waals surface area (Å²) in [5, 5.41) is 8.45. The number of hydrogen-bond donors (Lipinski definition) is 4. The SMILES string of the molecule is Cc1[nH]nc2ccc(C3=CNN(NC[C@@H](N)Cc4cccnc4)S3)cc12. The highest BCUT2D eigenvalue weighted by atomic mass is 32.2. The monoisotopic (exact) mass is 367 g/mol. The first kappa shape index (κ1) is 17.0. The molecule has 4 rings (SSSR count). The van der Waals surface area contributed by atoms with Crippen molar-refractivity contribution in [3.8, 4) is 0 Å². The van der Waals surface area contributed by atoms with Gasteiger partial charge in [0.25, 0.3) is 0 Å². The molecule has 1 aliphatic heterocycles. The fourth-order valence-corrected chi connectivity index (χ4v) is 3.65. The van der Waals surface area contributed by atoms with E-state index in [1.165, 1.54) is 0 Å². The second-order valence-electron chi connectivity index (χ2n) is 6.29. The number of aromatic nitrogens is 3. The Morgan fingerprint density at radius 2 is 2.27 bits per heavy atom. The lowest BCUT2D eigenvalue weighted by Gasteiger charge is -2.19. The molecule has 0 saturated heterocycles. The lowest BCUT2D eigenvalue weighted by Crippen LogP contribution is -2.45. The zero-order valence-electron chi connectivity index (χ0n) is 14.4. The molecule has 0 aliphatic carbocycles. The normalized spacial score (nSPS) is 15.8. The Hall–Kier alpha value is -2.39. The van der Waals surface area contributed by atoms with Crippen molar-refractivity contribution in [2.24, 2.45) is 5.73 Å². The predicted molar refractivity (Wildman–Crippen MR) is 105 cm³/mol. The van der Waals surface area contributed by atoms with Gasteiger partial charge < -0.3 is 11.2 Å². The van der Waals surface area contributed by atoms with Gasteiger partial charge in [0, 0.05) is 42.3 Å². The second kappa shape index (κ2) is 7.46. The van der Waals surface area contributed by atoms with Crippen molar-refractivity contribution in [2.45, 2.75) is 19.4 Å². The smallest absolute Gasteiger partial charge is 0.0924 e. The molecule has 1 atom stereocenters. The summed E-state index contributed by atoms with van der Waals surface area (Å²) in [4.78, 5) is 5.26. The Bertz CT molecular complexity index is 922. The van der Waals surface area contributed by atoms with Crippen molar-refractivity contribution in [3.63, 3.8) is 0 Å². The molecule has 26 heavy (non-hydrogen) atoms. The molecule has 3 aromatic rings. The summed E-state index contributed by atoms with van der Waals surface area (Å²) in [7, 11) is 0. The third-order valence-corrected chi connectivity index (χ3v) is 5.22. The standard InChI is InChI=1S/C18H21N7S/c1-12-16-8-14(4-5-17(16)24-23-12)18-11-22-25(26-18)21-10-15(19)7-13-3-2-6-20-9-13/h2-6,8-9,11,15,21-22H,7,10,19H2,1H3,(H,23,24)/t15-/m0/s1. The van der Waals surface area contributed by atoms with Gasteiger partial charge in [-0.05, 0) is 54.6 Å². The highest BCUT2D eigenvalue weighted by Gasteiger charge is 2.18. The van der Waals surface area contributed by atoms with E-state index in [1.807, 2.05) is 42.0 Å². The molecule has 0 bridgehead atoms. The molecule has 8 heteroatoms. The molecule has 0 amide bonds. The van der Waals surface area contributed by atoms with E-state index >= 15 is 0 Å². The van der Waals surface area contributed by atoms with Crippen LogP contribution >= 0.6 is 11.9 Å². The maximum Gasteiger partial charge on any atom is 0.0924 e. The van der Waals surface area contributed by atoms with Gasteiger partial charge in [0.15, 0.2) is 0 Å². The number of fused-ring (bicyclic) bond motifs is 1. The number of benzene rings is 1. The molecule has 0 spiro atoms. The van der Waals surface area contributed by atoms with Crippen LogP contribution in [0.4, 0.5) is 0 Å². The Balaban J connectivity index is 1.32. The number of rotatable bonds is 6. The first-order valence-corrected chi connectivity index (χ1v) is 9.24. The summed E-state index contributed by atoms with van der Waals surface area (Å²) in [5.41, 5.74) is 17.1. The highest BCUT2D eigenvalue weighted by molar-refractivity contribution is 8.06. The van der Waals surface area contributed by atoms with Gasteiger partial charge in [-0.1, -0.05) is 16.7 Å². The molecule has 1 aromatic carbocycles. The minimum absolute atomic E-state index is 0.00980. The van der Waals surface area contributed by atoms with E-state index in [0.717, 1.165) is 39.0 Å². The number of nitrogens with zero attached hydrogens (tertiary/aromatic N) is 3. The Kier molecular flexibility index (Phi) is 4.89. The first-order valence-electron chi connectivity index (χ1n) is 8.46. The number of aryl methyl sites for hydroxylation is 1. The van der Waals surface area contributed by atoms with E-state index < -0.39 is 0 Å². The summed E-state index contributed by atoms with van der Waals surface area (Å²) in [6.07, 6.45) is 6.40. The molecular formula is C18H21N7S. The van der Waals surface area contributed by atoms with Crippen LogP contribution in [0.5, 0.6) is 0 Å². The van der Waals surface area contributed by atoms with Crippen molar-refractivity contribution >= 4 is 27.8 Å². The van der Waals surface area contributed by atoms with Gasteiger partial charge in [-0.3, -0.25) is 10.1 Å². The fraction of sp³-hybridized carbons (Fsp3) is 0.222. The highest BCUT2D eigenvalue weighted by Crippen LogP contribution is 2.33. The number of hydrazine groups is 2. The number of H-pyrrole nitrogens is 1. The first-order chi connectivity index (χ1) is 12.7. The summed E-state index contributed by atoms with van der Waals surface area (Å²) in [6.45, 7) is 2.70. The van der Waals surface area contributed by atoms with Crippen molar-refractivity contribution in [2.75, 3.05) is 6.54 Å². The Morgan fingerprint density at radius 3 is 3.12 bits per heavy atom. The van der Waals surface area contributed by atoms with Crippen LogP contribution in [0.1, 0.15) is 16.8 Å². The maximum atomic E-state index is 6.22. The number of nitrogens with two attached hydrogens (primary N) is 1. The summed E-state index contributed by atoms with van der Waals surface area (Å²) in [5.74, 6) is 0. The topological polar surface area (TPSA) is 94.9 Å². The van der Waals surface area contributed by atoms with Gasteiger partial charge in [0.05, 0.1) is 10.4 Å². The Morgan fingerprint density at radius 1 is 1.35 bits per heavy atom. The summed E-state index contributed by atoms with van der Waals surface area (Å²) >= 11 is 1.60. The van der Waals surface area contributed by atoms with Gasteiger partial charge in [-0.15, -0.1) is 0 Å². The minimum atomic E-state index is 0.00980. The fourth-order valence-electron chi connectivity index (χ4n) is 2.87. The maximum absolute atomic E-state index is 6.22. The van der Waals surface area contributed by atoms with Gasteiger partial charge in [0.2, 0.25) is 0 Å². The largest absolute Gasteiger partial charge is 0.326 e. The van der Waals surface area contributed by atoms with Crippen molar-refractivity contribution < 1.29 is 0 Å². The quantitative estimate of drug-likeness (QED) is 0.496. The Labute approximate surface area is 156 Å². The molecule has 0 fully saturated rings. The lowest BCUT2D eigenvalue weighted by molar-refractivity contribution is 0.296. The molecule has 7 nitrogen and oxygen atoms in total. The van der Waals surface area contributed by atoms with Crippen LogP contribution in [0.25, 0.3) is 15.8 Å². The van der Waals surface area contributed by atoms with Crippen LogP contribution in [0, 0.1) is 6.92 Å². The van der Waals surface area contributed by atoms with Gasteiger partial charge >= 0.3 is 0 Å². The van der Waals surface area contributed by atoms with Crippen molar-refractivity contribution in [1.82, 2.24) is 30.6 Å². The number of nitrogens with one attached hydrogen (secondary N) is 3. The molecule has 134 valence electrons. The molecule has 5 N–H and O–H groups in total. The summed E-state index contributed by atoms with van der Waals surface area (Å²) in [6, 6.07) is 10.3. The van der Waals surface area contributed by atoms with E-state index in [9.17, 15) is 0 Å². The average molecular weight is 367 g/mol. The van der Waals surface area contributed by atoms with E-state index in [4.69, 9.17) is 5.73 Å². The number of pyridine rings is 1. The van der Waals surface area contributed by atoms with Crippen LogP contribution in [0.2, 0.25) is 0 Å². The van der Waals surface area contributed by atoms with Gasteiger partial charge in [0.1, 0.15) is 0 Å². The zero-order valence-corrected chi connectivity index (χ0v) is 15.3.